The van der Waals surface area contributed by atoms with Crippen LogP contribution in [0.2, 0.25) is 0 Å². The largest absolute Gasteiger partial charge is 0.467 e. The maximum atomic E-state index is 13.4. The first-order chi connectivity index (χ1) is 10.8. The van der Waals surface area contributed by atoms with Crippen molar-refractivity contribution in [2.45, 2.75) is 26.8 Å². The Bertz CT molecular complexity index is 754. The van der Waals surface area contributed by atoms with Gasteiger partial charge in [0.2, 0.25) is 0 Å². The van der Waals surface area contributed by atoms with Crippen LogP contribution in [0.5, 0.6) is 0 Å². The Morgan fingerprint density at radius 1 is 1.26 bits per heavy atom. The van der Waals surface area contributed by atoms with Crippen molar-refractivity contribution in [3.63, 3.8) is 0 Å². The summed E-state index contributed by atoms with van der Waals surface area (Å²) in [6.07, 6.45) is 0. The van der Waals surface area contributed by atoms with Crippen molar-refractivity contribution >= 4 is 22.8 Å². The molecule has 1 amide bonds. The number of carbonyl (C=O) groups excluding carboxylic acids is 2. The Balaban J connectivity index is 2.43. The Kier molecular flexibility index (Phi) is 4.93. The third-order valence-electron chi connectivity index (χ3n) is 3.55. The lowest BCUT2D eigenvalue weighted by atomic mass is 10.0. The van der Waals surface area contributed by atoms with Crippen LogP contribution in [0.25, 0.3) is 10.9 Å². The number of fused-ring (bicyclic) bond motifs is 1. The van der Waals surface area contributed by atoms with E-state index >= 15 is 0 Å². The van der Waals surface area contributed by atoms with Crippen molar-refractivity contribution in [3.8, 4) is 0 Å². The summed E-state index contributed by atoms with van der Waals surface area (Å²) >= 11 is 0. The summed E-state index contributed by atoms with van der Waals surface area (Å²) in [5, 5.41) is 3.21. The van der Waals surface area contributed by atoms with Gasteiger partial charge in [-0.25, -0.2) is 9.18 Å². The summed E-state index contributed by atoms with van der Waals surface area (Å²) in [7, 11) is 1.28. The smallest absolute Gasteiger partial charge is 0.328 e. The number of pyridine rings is 1. The molecule has 6 heteroatoms. The molecule has 2 rings (SSSR count). The van der Waals surface area contributed by atoms with Crippen LogP contribution >= 0.6 is 0 Å². The number of esters is 1. The number of carbonyl (C=O) groups is 2. The second-order valence-electron chi connectivity index (χ2n) is 5.69. The number of amides is 1. The molecule has 1 heterocycles. The van der Waals surface area contributed by atoms with E-state index in [1.165, 1.54) is 25.3 Å². The molecule has 23 heavy (non-hydrogen) atoms. The van der Waals surface area contributed by atoms with Gasteiger partial charge in [0.25, 0.3) is 5.91 Å². The van der Waals surface area contributed by atoms with E-state index in [-0.39, 0.29) is 5.92 Å². The number of nitrogens with zero attached hydrogens (tertiary/aromatic N) is 1. The molecule has 0 radical (unpaired) electrons. The first kappa shape index (κ1) is 16.9. The number of ether oxygens (including phenoxy) is 1. The van der Waals surface area contributed by atoms with Gasteiger partial charge in [0.05, 0.1) is 18.2 Å². The minimum absolute atomic E-state index is 0.127. The van der Waals surface area contributed by atoms with Crippen LogP contribution in [-0.2, 0) is 9.53 Å². The van der Waals surface area contributed by atoms with Crippen LogP contribution in [0.3, 0.4) is 0 Å². The summed E-state index contributed by atoms with van der Waals surface area (Å²) in [6.45, 7) is 5.35. The average molecular weight is 318 g/mol. The molecule has 0 aliphatic heterocycles. The summed E-state index contributed by atoms with van der Waals surface area (Å²) in [5.74, 6) is -1.47. The average Bonchev–Trinajstić information content (AvgIpc) is 2.49. The Hall–Kier alpha value is -2.50. The highest BCUT2D eigenvalue weighted by Crippen LogP contribution is 2.20. The number of aryl methyl sites for hydroxylation is 1. The number of halogens is 1. The molecule has 1 aromatic heterocycles. The maximum absolute atomic E-state index is 13.4. The molecule has 0 saturated heterocycles. The van der Waals surface area contributed by atoms with Gasteiger partial charge in [-0.15, -0.1) is 0 Å². The fourth-order valence-electron chi connectivity index (χ4n) is 2.37. The normalized spacial score (nSPS) is 12.3. The minimum Gasteiger partial charge on any atom is -0.467 e. The predicted octanol–water partition coefficient (Wildman–Crippen LogP) is 2.61. The van der Waals surface area contributed by atoms with Crippen molar-refractivity contribution < 1.29 is 18.7 Å². The zero-order chi connectivity index (χ0) is 17.1. The number of benzene rings is 1. The van der Waals surface area contributed by atoms with Crippen molar-refractivity contribution in [2.24, 2.45) is 5.92 Å². The number of nitrogens with one attached hydrogen (secondary N) is 1. The molecule has 0 spiro atoms. The van der Waals surface area contributed by atoms with Crippen molar-refractivity contribution in [1.29, 1.82) is 0 Å². The van der Waals surface area contributed by atoms with E-state index in [9.17, 15) is 14.0 Å². The van der Waals surface area contributed by atoms with Gasteiger partial charge in [-0.1, -0.05) is 13.8 Å². The molecule has 122 valence electrons. The predicted molar refractivity (Wildman–Crippen MR) is 84.5 cm³/mol. The Morgan fingerprint density at radius 3 is 2.57 bits per heavy atom. The molecule has 0 bridgehead atoms. The number of hydrogen-bond donors (Lipinski definition) is 1. The van der Waals surface area contributed by atoms with Crippen molar-refractivity contribution in [3.05, 3.63) is 41.3 Å². The molecule has 1 N–H and O–H groups in total. The SMILES string of the molecule is COC(=O)[C@@H](NC(=O)c1cc(C)nc2cc(F)ccc12)C(C)C. The van der Waals surface area contributed by atoms with Crippen molar-refractivity contribution in [1.82, 2.24) is 10.3 Å². The number of hydrogen-bond acceptors (Lipinski definition) is 4. The van der Waals surface area contributed by atoms with Crippen LogP contribution in [0.1, 0.15) is 29.9 Å². The third kappa shape index (κ3) is 3.64. The fraction of sp³-hybridized carbons (Fsp3) is 0.353. The van der Waals surface area contributed by atoms with E-state index in [4.69, 9.17) is 4.74 Å². The molecular formula is C17H19FN2O3. The molecule has 2 aromatic rings. The van der Waals surface area contributed by atoms with Crippen LogP contribution in [0.15, 0.2) is 24.3 Å². The molecule has 0 fully saturated rings. The zero-order valence-corrected chi connectivity index (χ0v) is 13.5. The van der Waals surface area contributed by atoms with Crippen LogP contribution in [0, 0.1) is 18.7 Å². The first-order valence-electron chi connectivity index (χ1n) is 7.29. The van der Waals surface area contributed by atoms with E-state index in [1.807, 2.05) is 13.8 Å². The van der Waals surface area contributed by atoms with Gasteiger partial charge in [0.15, 0.2) is 0 Å². The highest BCUT2D eigenvalue weighted by molar-refractivity contribution is 6.07. The monoisotopic (exact) mass is 318 g/mol. The molecule has 0 unspecified atom stereocenters. The Morgan fingerprint density at radius 2 is 1.96 bits per heavy atom. The van der Waals surface area contributed by atoms with Gasteiger partial charge in [-0.2, -0.15) is 0 Å². The summed E-state index contributed by atoms with van der Waals surface area (Å²) in [5.41, 5.74) is 1.34. The third-order valence-corrected chi connectivity index (χ3v) is 3.55. The molecule has 5 nitrogen and oxygen atoms in total. The lowest BCUT2D eigenvalue weighted by molar-refractivity contribution is -0.144. The van der Waals surface area contributed by atoms with Gasteiger partial charge in [-0.3, -0.25) is 9.78 Å². The van der Waals surface area contributed by atoms with E-state index in [0.29, 0.717) is 22.2 Å². The minimum atomic E-state index is -0.753. The van der Waals surface area contributed by atoms with Gasteiger partial charge in [0, 0.05) is 17.1 Å². The van der Waals surface area contributed by atoms with E-state index in [1.54, 1.807) is 13.0 Å². The molecule has 0 aliphatic rings. The highest BCUT2D eigenvalue weighted by atomic mass is 19.1. The second kappa shape index (κ2) is 6.73. The van der Waals surface area contributed by atoms with Gasteiger partial charge in [-0.05, 0) is 31.0 Å². The standard InChI is InChI=1S/C17H19FN2O3/c1-9(2)15(17(22)23-4)20-16(21)13-7-10(3)19-14-8-11(18)5-6-12(13)14/h5-9,15H,1-4H3,(H,20,21)/t15-/m0/s1. The first-order valence-corrected chi connectivity index (χ1v) is 7.29. The maximum Gasteiger partial charge on any atom is 0.328 e. The highest BCUT2D eigenvalue weighted by Gasteiger charge is 2.26. The topological polar surface area (TPSA) is 68.3 Å². The van der Waals surface area contributed by atoms with Crippen LogP contribution in [0.4, 0.5) is 4.39 Å². The number of aromatic nitrogens is 1. The number of methoxy groups -OCH3 is 1. The quantitative estimate of drug-likeness (QED) is 0.880. The molecule has 1 atom stereocenters. The van der Waals surface area contributed by atoms with E-state index in [0.717, 1.165) is 0 Å². The van der Waals surface area contributed by atoms with E-state index < -0.39 is 23.7 Å². The molecule has 0 aliphatic carbocycles. The Labute approximate surface area is 133 Å². The fourth-order valence-corrected chi connectivity index (χ4v) is 2.37. The second-order valence-corrected chi connectivity index (χ2v) is 5.69. The molecular weight excluding hydrogens is 299 g/mol. The summed E-state index contributed by atoms with van der Waals surface area (Å²) < 4.78 is 18.1. The van der Waals surface area contributed by atoms with Crippen LogP contribution < -0.4 is 5.32 Å². The molecule has 1 aromatic carbocycles. The van der Waals surface area contributed by atoms with Crippen molar-refractivity contribution in [2.75, 3.05) is 7.11 Å². The lowest BCUT2D eigenvalue weighted by Gasteiger charge is -2.20. The summed E-state index contributed by atoms with van der Waals surface area (Å²) in [6, 6.07) is 4.92. The van der Waals surface area contributed by atoms with E-state index in [2.05, 4.69) is 10.3 Å². The van der Waals surface area contributed by atoms with Gasteiger partial charge in [0.1, 0.15) is 11.9 Å². The van der Waals surface area contributed by atoms with Crippen LogP contribution in [-0.4, -0.2) is 30.0 Å². The molecule has 0 saturated carbocycles. The van der Waals surface area contributed by atoms with Gasteiger partial charge < -0.3 is 10.1 Å². The zero-order valence-electron chi connectivity index (χ0n) is 13.5. The lowest BCUT2D eigenvalue weighted by Crippen LogP contribution is -2.45. The van der Waals surface area contributed by atoms with Gasteiger partial charge >= 0.3 is 5.97 Å². The summed E-state index contributed by atoms with van der Waals surface area (Å²) in [4.78, 5) is 28.6. The number of rotatable bonds is 4.